The molecule has 5 nitrogen and oxygen atoms in total. The Labute approximate surface area is 194 Å². The number of carbonyl (C=O) groups is 2. The number of hydrogen-bond donors (Lipinski definition) is 1. The van der Waals surface area contributed by atoms with Crippen molar-refractivity contribution in [2.45, 2.75) is 98.8 Å². The van der Waals surface area contributed by atoms with Crippen LogP contribution in [0.1, 0.15) is 91.6 Å². The van der Waals surface area contributed by atoms with Crippen LogP contribution in [0.2, 0.25) is 0 Å². The van der Waals surface area contributed by atoms with Gasteiger partial charge < -0.3 is 5.32 Å². The summed E-state index contributed by atoms with van der Waals surface area (Å²) in [5.41, 5.74) is 5.68. The molecule has 1 aliphatic rings. The van der Waals surface area contributed by atoms with Crippen molar-refractivity contribution < 1.29 is 18.0 Å². The van der Waals surface area contributed by atoms with Crippen LogP contribution in [0.15, 0.2) is 0 Å². The third-order valence-electron chi connectivity index (χ3n) is 7.27. The lowest BCUT2D eigenvalue weighted by Crippen LogP contribution is -2.32. The van der Waals surface area contributed by atoms with E-state index in [1.807, 2.05) is 41.5 Å². The lowest BCUT2D eigenvalue weighted by molar-refractivity contribution is -0.123. The lowest BCUT2D eigenvalue weighted by Gasteiger charge is -2.28. The number of sulfone groups is 1. The van der Waals surface area contributed by atoms with Gasteiger partial charge in [0.25, 0.3) is 5.91 Å². The number of benzene rings is 1. The first-order valence-electron chi connectivity index (χ1n) is 11.9. The summed E-state index contributed by atoms with van der Waals surface area (Å²) in [4.78, 5) is 25.9. The molecule has 0 spiro atoms. The van der Waals surface area contributed by atoms with Crippen molar-refractivity contribution in [3.8, 4) is 0 Å². The lowest BCUT2D eigenvalue weighted by atomic mass is 9.78. The van der Waals surface area contributed by atoms with Crippen molar-refractivity contribution in [1.29, 1.82) is 0 Å². The summed E-state index contributed by atoms with van der Waals surface area (Å²) >= 11 is 0. The molecular formula is C26H41NO4S. The van der Waals surface area contributed by atoms with E-state index in [1.54, 1.807) is 13.8 Å². The summed E-state index contributed by atoms with van der Waals surface area (Å²) in [5.74, 6) is 0.574. The van der Waals surface area contributed by atoms with Crippen LogP contribution in [0.3, 0.4) is 0 Å². The molecule has 2 rings (SSSR count). The summed E-state index contributed by atoms with van der Waals surface area (Å²) in [6.45, 7) is 15.3. The van der Waals surface area contributed by atoms with E-state index in [2.05, 4.69) is 5.32 Å². The summed E-state index contributed by atoms with van der Waals surface area (Å²) < 4.78 is 24.5. The monoisotopic (exact) mass is 463 g/mol. The van der Waals surface area contributed by atoms with Crippen LogP contribution in [-0.4, -0.2) is 37.2 Å². The Hall–Kier alpha value is -1.69. The second kappa shape index (κ2) is 10.5. The highest BCUT2D eigenvalue weighted by molar-refractivity contribution is 7.91. The van der Waals surface area contributed by atoms with Crippen molar-refractivity contribution in [3.05, 3.63) is 33.4 Å². The molecule has 1 fully saturated rings. The van der Waals surface area contributed by atoms with Gasteiger partial charge in [0.15, 0.2) is 9.84 Å². The summed E-state index contributed by atoms with van der Waals surface area (Å²) in [6.07, 6.45) is 3.51. The predicted octanol–water partition coefficient (Wildman–Crippen LogP) is 4.80. The van der Waals surface area contributed by atoms with E-state index in [9.17, 15) is 18.0 Å². The molecule has 0 unspecified atom stereocenters. The first kappa shape index (κ1) is 26.6. The second-order valence-corrected chi connectivity index (χ2v) is 12.8. The van der Waals surface area contributed by atoms with Crippen LogP contribution in [0.4, 0.5) is 0 Å². The quantitative estimate of drug-likeness (QED) is 0.600. The first-order valence-corrected chi connectivity index (χ1v) is 13.6. The van der Waals surface area contributed by atoms with Gasteiger partial charge in [-0.2, -0.15) is 0 Å². The average molecular weight is 464 g/mol. The van der Waals surface area contributed by atoms with Crippen molar-refractivity contribution >= 4 is 21.5 Å². The van der Waals surface area contributed by atoms with Gasteiger partial charge in [0, 0.05) is 23.9 Å². The van der Waals surface area contributed by atoms with Gasteiger partial charge in [0.05, 0.1) is 11.0 Å². The van der Waals surface area contributed by atoms with E-state index in [4.69, 9.17) is 0 Å². The minimum Gasteiger partial charge on any atom is -0.350 e. The van der Waals surface area contributed by atoms with E-state index >= 15 is 0 Å². The van der Waals surface area contributed by atoms with Crippen molar-refractivity contribution in [3.63, 3.8) is 0 Å². The summed E-state index contributed by atoms with van der Waals surface area (Å²) in [7, 11) is -3.04. The fourth-order valence-corrected chi connectivity index (χ4v) is 6.20. The smallest absolute Gasteiger partial charge is 0.252 e. The number of hydrogen-bond acceptors (Lipinski definition) is 4. The fraction of sp³-hybridized carbons (Fsp3) is 0.692. The normalized spacial score (nSPS) is 19.4. The molecule has 1 amide bonds. The SMILES string of the molecule is Cc1c(C)c(C(=O)NC(C)C)c(C)c(C)c1CC(=O)C1CCC(CS(=O)(=O)C(C)C)CC1. The summed E-state index contributed by atoms with van der Waals surface area (Å²) in [5, 5.41) is 2.64. The van der Waals surface area contributed by atoms with Crippen molar-refractivity contribution in [2.24, 2.45) is 11.8 Å². The molecule has 0 aliphatic heterocycles. The van der Waals surface area contributed by atoms with Crippen LogP contribution in [0.25, 0.3) is 0 Å². The van der Waals surface area contributed by atoms with Gasteiger partial charge in [-0.15, -0.1) is 0 Å². The molecule has 1 aromatic rings. The minimum atomic E-state index is -3.04. The molecule has 0 radical (unpaired) electrons. The van der Waals surface area contributed by atoms with Gasteiger partial charge in [-0.3, -0.25) is 9.59 Å². The Morgan fingerprint density at radius 1 is 0.875 bits per heavy atom. The van der Waals surface area contributed by atoms with Gasteiger partial charge in [-0.25, -0.2) is 8.42 Å². The van der Waals surface area contributed by atoms with E-state index < -0.39 is 9.84 Å². The van der Waals surface area contributed by atoms with Gasteiger partial charge in [0.2, 0.25) is 0 Å². The molecule has 1 saturated carbocycles. The third kappa shape index (κ3) is 6.00. The molecule has 1 aliphatic carbocycles. The minimum absolute atomic E-state index is 0.00340. The van der Waals surface area contributed by atoms with E-state index in [0.29, 0.717) is 6.42 Å². The zero-order valence-corrected chi connectivity index (χ0v) is 21.9. The number of ketones is 1. The third-order valence-corrected chi connectivity index (χ3v) is 9.64. The zero-order chi connectivity index (χ0) is 24.4. The Kier molecular flexibility index (Phi) is 8.71. The van der Waals surface area contributed by atoms with Crippen LogP contribution in [0.5, 0.6) is 0 Å². The second-order valence-electron chi connectivity index (χ2n) is 10.2. The largest absolute Gasteiger partial charge is 0.350 e. The molecule has 1 aromatic carbocycles. The molecule has 0 atom stereocenters. The fourth-order valence-electron chi connectivity index (χ4n) is 4.82. The maximum Gasteiger partial charge on any atom is 0.252 e. The predicted molar refractivity (Wildman–Crippen MR) is 131 cm³/mol. The van der Waals surface area contributed by atoms with Crippen LogP contribution >= 0.6 is 0 Å². The summed E-state index contributed by atoms with van der Waals surface area (Å²) in [6, 6.07) is 0.0637. The van der Waals surface area contributed by atoms with Crippen molar-refractivity contribution in [1.82, 2.24) is 5.32 Å². The molecular weight excluding hydrogens is 422 g/mol. The molecule has 0 heterocycles. The Bertz CT molecular complexity index is 939. The maximum atomic E-state index is 13.2. The molecule has 6 heteroatoms. The highest BCUT2D eigenvalue weighted by Gasteiger charge is 2.31. The molecule has 1 N–H and O–H groups in total. The molecule has 32 heavy (non-hydrogen) atoms. The molecule has 0 bridgehead atoms. The van der Waals surface area contributed by atoms with Gasteiger partial charge in [0.1, 0.15) is 5.78 Å². The Balaban J connectivity index is 2.13. The number of amides is 1. The van der Waals surface area contributed by atoms with E-state index in [-0.39, 0.29) is 40.6 Å². The average Bonchev–Trinajstić information content (AvgIpc) is 2.69. The van der Waals surface area contributed by atoms with Crippen LogP contribution in [-0.2, 0) is 21.1 Å². The maximum absolute atomic E-state index is 13.2. The molecule has 0 saturated heterocycles. The van der Waals surface area contributed by atoms with E-state index in [0.717, 1.165) is 59.1 Å². The molecule has 180 valence electrons. The number of carbonyl (C=O) groups excluding carboxylic acids is 2. The zero-order valence-electron chi connectivity index (χ0n) is 21.1. The Morgan fingerprint density at radius 3 is 1.81 bits per heavy atom. The number of Topliss-reactive ketones (excluding diaryl/α,β-unsaturated/α-hetero) is 1. The van der Waals surface area contributed by atoms with Crippen LogP contribution < -0.4 is 5.32 Å². The molecule has 0 aromatic heterocycles. The van der Waals surface area contributed by atoms with Gasteiger partial charge >= 0.3 is 0 Å². The van der Waals surface area contributed by atoms with Crippen molar-refractivity contribution in [2.75, 3.05) is 5.75 Å². The Morgan fingerprint density at radius 2 is 1.38 bits per heavy atom. The van der Waals surface area contributed by atoms with Crippen LogP contribution in [0, 0.1) is 39.5 Å². The highest BCUT2D eigenvalue weighted by atomic mass is 32.2. The number of nitrogens with one attached hydrogen (secondary N) is 1. The van der Waals surface area contributed by atoms with Gasteiger partial charge in [-0.1, -0.05) is 0 Å². The first-order chi connectivity index (χ1) is 14.8. The standard InChI is InChI=1S/C26H41NO4S/c1-15(2)27-26(29)25-19(7)17(5)23(18(6)20(25)8)13-24(28)22-11-9-21(10-12-22)14-32(30,31)16(3)4/h15-16,21-22H,9-14H2,1-8H3,(H,27,29). The topological polar surface area (TPSA) is 80.3 Å². The highest BCUT2D eigenvalue weighted by Crippen LogP contribution is 2.33. The number of rotatable bonds is 8. The van der Waals surface area contributed by atoms with Gasteiger partial charge in [-0.05, 0) is 115 Å². The van der Waals surface area contributed by atoms with E-state index in [1.165, 1.54) is 0 Å².